The van der Waals surface area contributed by atoms with Crippen LogP contribution in [0.5, 0.6) is 0 Å². The van der Waals surface area contributed by atoms with E-state index in [0.29, 0.717) is 0 Å². The van der Waals surface area contributed by atoms with Gasteiger partial charge >= 0.3 is 0 Å². The number of H-pyrrole nitrogens is 1. The van der Waals surface area contributed by atoms with E-state index in [1.54, 1.807) is 6.33 Å². The number of nitrogens with zero attached hydrogens (tertiary/aromatic N) is 2. The molecule has 1 aromatic heterocycles. The van der Waals surface area contributed by atoms with Gasteiger partial charge in [-0.05, 0) is 25.2 Å². The van der Waals surface area contributed by atoms with E-state index in [1.165, 1.54) is 25.7 Å². The van der Waals surface area contributed by atoms with Gasteiger partial charge in [0.2, 0.25) is 0 Å². The number of rotatable bonds is 5. The molecule has 4 nitrogen and oxygen atoms in total. The lowest BCUT2D eigenvalue weighted by Gasteiger charge is -2.11. The van der Waals surface area contributed by atoms with Crippen molar-refractivity contribution in [2.24, 2.45) is 5.92 Å². The summed E-state index contributed by atoms with van der Waals surface area (Å²) in [6.07, 6.45) is 7.95. The summed E-state index contributed by atoms with van der Waals surface area (Å²) in [5.41, 5.74) is 0. The summed E-state index contributed by atoms with van der Waals surface area (Å²) in [7, 11) is 0. The zero-order valence-corrected chi connectivity index (χ0v) is 9.37. The summed E-state index contributed by atoms with van der Waals surface area (Å²) in [5.74, 6) is 1.93. The van der Waals surface area contributed by atoms with Crippen LogP contribution in [0.25, 0.3) is 0 Å². The predicted molar refractivity (Wildman–Crippen MR) is 59.5 cm³/mol. The first-order chi connectivity index (χ1) is 7.38. The monoisotopic (exact) mass is 208 g/mol. The average Bonchev–Trinajstić information content (AvgIpc) is 2.88. The SMILES string of the molecule is CCC1CCC(NCCc2ncn[nH]2)C1. The Morgan fingerprint density at radius 1 is 1.53 bits per heavy atom. The molecule has 1 fully saturated rings. The van der Waals surface area contributed by atoms with Gasteiger partial charge in [0.25, 0.3) is 0 Å². The van der Waals surface area contributed by atoms with Gasteiger partial charge in [-0.3, -0.25) is 5.10 Å². The normalized spacial score (nSPS) is 25.9. The maximum absolute atomic E-state index is 4.10. The average molecular weight is 208 g/mol. The number of nitrogens with one attached hydrogen (secondary N) is 2. The Kier molecular flexibility index (Phi) is 3.72. The van der Waals surface area contributed by atoms with Crippen LogP contribution in [0.2, 0.25) is 0 Å². The molecule has 0 saturated heterocycles. The molecular formula is C11H20N4. The summed E-state index contributed by atoms with van der Waals surface area (Å²) < 4.78 is 0. The van der Waals surface area contributed by atoms with Gasteiger partial charge in [-0.1, -0.05) is 13.3 Å². The van der Waals surface area contributed by atoms with Crippen molar-refractivity contribution >= 4 is 0 Å². The zero-order valence-electron chi connectivity index (χ0n) is 9.37. The zero-order chi connectivity index (χ0) is 10.5. The topological polar surface area (TPSA) is 53.6 Å². The van der Waals surface area contributed by atoms with Gasteiger partial charge in [-0.15, -0.1) is 0 Å². The lowest BCUT2D eigenvalue weighted by atomic mass is 10.1. The van der Waals surface area contributed by atoms with Gasteiger partial charge in [0.15, 0.2) is 0 Å². The molecule has 0 bridgehead atoms. The highest BCUT2D eigenvalue weighted by molar-refractivity contribution is 4.84. The first kappa shape index (κ1) is 10.6. The minimum atomic E-state index is 0.734. The fourth-order valence-corrected chi connectivity index (χ4v) is 2.38. The molecule has 1 aliphatic carbocycles. The van der Waals surface area contributed by atoms with Gasteiger partial charge in [0.05, 0.1) is 0 Å². The van der Waals surface area contributed by atoms with E-state index >= 15 is 0 Å². The Bertz CT molecular complexity index is 270. The first-order valence-electron chi connectivity index (χ1n) is 5.96. The third-order valence-corrected chi connectivity index (χ3v) is 3.38. The van der Waals surface area contributed by atoms with Gasteiger partial charge in [0.1, 0.15) is 12.2 Å². The van der Waals surface area contributed by atoms with Crippen molar-refractivity contribution in [2.75, 3.05) is 6.54 Å². The van der Waals surface area contributed by atoms with E-state index in [2.05, 4.69) is 27.4 Å². The van der Waals surface area contributed by atoms with Crippen molar-refractivity contribution in [1.82, 2.24) is 20.5 Å². The Hall–Kier alpha value is -0.900. The Morgan fingerprint density at radius 2 is 2.47 bits per heavy atom. The van der Waals surface area contributed by atoms with Crippen LogP contribution in [0, 0.1) is 5.92 Å². The molecule has 1 aliphatic rings. The molecule has 0 radical (unpaired) electrons. The quantitative estimate of drug-likeness (QED) is 0.771. The summed E-state index contributed by atoms with van der Waals surface area (Å²) in [6, 6.07) is 0.734. The highest BCUT2D eigenvalue weighted by Gasteiger charge is 2.22. The Morgan fingerprint density at radius 3 is 3.13 bits per heavy atom. The number of hydrogen-bond acceptors (Lipinski definition) is 3. The molecule has 2 unspecified atom stereocenters. The molecular weight excluding hydrogens is 188 g/mol. The van der Waals surface area contributed by atoms with Gasteiger partial charge in [0, 0.05) is 19.0 Å². The first-order valence-corrected chi connectivity index (χ1v) is 5.96. The van der Waals surface area contributed by atoms with Crippen LogP contribution >= 0.6 is 0 Å². The Labute approximate surface area is 90.9 Å². The molecule has 1 heterocycles. The molecule has 0 spiro atoms. The van der Waals surface area contributed by atoms with E-state index < -0.39 is 0 Å². The summed E-state index contributed by atoms with van der Waals surface area (Å²) >= 11 is 0. The molecule has 2 rings (SSSR count). The molecule has 0 aliphatic heterocycles. The van der Waals surface area contributed by atoms with Crippen LogP contribution in [0.1, 0.15) is 38.4 Å². The molecule has 0 amide bonds. The maximum atomic E-state index is 4.10. The van der Waals surface area contributed by atoms with Gasteiger partial charge < -0.3 is 5.32 Å². The van der Waals surface area contributed by atoms with E-state index in [4.69, 9.17) is 0 Å². The molecule has 84 valence electrons. The van der Waals surface area contributed by atoms with Crippen LogP contribution in [-0.4, -0.2) is 27.8 Å². The largest absolute Gasteiger partial charge is 0.314 e. The fraction of sp³-hybridized carbons (Fsp3) is 0.818. The highest BCUT2D eigenvalue weighted by atomic mass is 15.2. The number of aromatic nitrogens is 3. The van der Waals surface area contributed by atoms with Crippen LogP contribution in [0.3, 0.4) is 0 Å². The number of hydrogen-bond donors (Lipinski definition) is 2. The molecule has 2 N–H and O–H groups in total. The summed E-state index contributed by atoms with van der Waals surface area (Å²) in [5, 5.41) is 10.3. The lowest BCUT2D eigenvalue weighted by Crippen LogP contribution is -2.28. The van der Waals surface area contributed by atoms with Crippen LogP contribution < -0.4 is 5.32 Å². The van der Waals surface area contributed by atoms with Crippen molar-refractivity contribution < 1.29 is 0 Å². The van der Waals surface area contributed by atoms with E-state index in [9.17, 15) is 0 Å². The Balaban J connectivity index is 1.63. The smallest absolute Gasteiger partial charge is 0.137 e. The second kappa shape index (κ2) is 5.26. The standard InChI is InChI=1S/C11H20N4/c1-2-9-3-4-10(7-9)12-6-5-11-13-8-14-15-11/h8-10,12H,2-7H2,1H3,(H,13,14,15). The molecule has 2 atom stereocenters. The third kappa shape index (κ3) is 3.02. The van der Waals surface area contributed by atoms with Crippen LogP contribution in [0.15, 0.2) is 6.33 Å². The lowest BCUT2D eigenvalue weighted by molar-refractivity contribution is 0.477. The summed E-state index contributed by atoms with van der Waals surface area (Å²) in [6.45, 7) is 3.30. The summed E-state index contributed by atoms with van der Waals surface area (Å²) in [4.78, 5) is 4.10. The molecule has 0 aromatic carbocycles. The van der Waals surface area contributed by atoms with E-state index in [-0.39, 0.29) is 0 Å². The van der Waals surface area contributed by atoms with Gasteiger partial charge in [-0.2, -0.15) is 5.10 Å². The molecule has 1 saturated carbocycles. The minimum absolute atomic E-state index is 0.734. The van der Waals surface area contributed by atoms with E-state index in [0.717, 1.165) is 30.7 Å². The minimum Gasteiger partial charge on any atom is -0.314 e. The molecule has 4 heteroatoms. The van der Waals surface area contributed by atoms with Crippen molar-refractivity contribution in [3.05, 3.63) is 12.2 Å². The second-order valence-electron chi connectivity index (χ2n) is 4.42. The predicted octanol–water partition coefficient (Wildman–Crippen LogP) is 1.52. The maximum Gasteiger partial charge on any atom is 0.137 e. The van der Waals surface area contributed by atoms with Crippen molar-refractivity contribution in [3.63, 3.8) is 0 Å². The fourth-order valence-electron chi connectivity index (χ4n) is 2.38. The third-order valence-electron chi connectivity index (χ3n) is 3.38. The molecule has 15 heavy (non-hydrogen) atoms. The highest BCUT2D eigenvalue weighted by Crippen LogP contribution is 2.27. The van der Waals surface area contributed by atoms with Gasteiger partial charge in [-0.25, -0.2) is 4.98 Å². The second-order valence-corrected chi connectivity index (χ2v) is 4.42. The van der Waals surface area contributed by atoms with Crippen LogP contribution in [-0.2, 0) is 6.42 Å². The van der Waals surface area contributed by atoms with Crippen LogP contribution in [0.4, 0.5) is 0 Å². The van der Waals surface area contributed by atoms with E-state index in [1.807, 2.05) is 0 Å². The van der Waals surface area contributed by atoms with Crippen molar-refractivity contribution in [3.8, 4) is 0 Å². The molecule has 1 aromatic rings. The van der Waals surface area contributed by atoms with Crippen molar-refractivity contribution in [2.45, 2.75) is 45.1 Å². The van der Waals surface area contributed by atoms with Crippen molar-refractivity contribution in [1.29, 1.82) is 0 Å². The number of aromatic amines is 1.